The normalized spacial score (nSPS) is 10.3. The molecule has 0 unspecified atom stereocenters. The Labute approximate surface area is 90.9 Å². The summed E-state index contributed by atoms with van der Waals surface area (Å²) >= 11 is 0. The molecule has 0 amide bonds. The lowest BCUT2D eigenvalue weighted by atomic mass is 10.2. The first-order chi connectivity index (χ1) is 7.24. The average molecular weight is 209 g/mol. The molecule has 1 rings (SSSR count). The van der Waals surface area contributed by atoms with Crippen molar-refractivity contribution in [3.05, 3.63) is 23.8 Å². The van der Waals surface area contributed by atoms with Gasteiger partial charge in [-0.2, -0.15) is 0 Å². The molecule has 0 aromatic heterocycles. The molecule has 15 heavy (non-hydrogen) atoms. The smallest absolute Gasteiger partial charge is 0.124 e. The van der Waals surface area contributed by atoms with E-state index in [0.717, 1.165) is 36.3 Å². The van der Waals surface area contributed by atoms with Gasteiger partial charge in [-0.1, -0.05) is 6.07 Å². The lowest BCUT2D eigenvalue weighted by Crippen LogP contribution is -2.00. The van der Waals surface area contributed by atoms with Crippen LogP contribution in [-0.4, -0.2) is 18.3 Å². The number of nitrogens with two attached hydrogens (primary N) is 1. The minimum absolute atomic E-state index is 0.261. The molecule has 3 heteroatoms. The molecule has 0 fully saturated rings. The molecular weight excluding hydrogens is 190 g/mol. The Hall–Kier alpha value is -1.22. The van der Waals surface area contributed by atoms with Gasteiger partial charge < -0.3 is 15.6 Å². The van der Waals surface area contributed by atoms with Gasteiger partial charge in [-0.15, -0.1) is 0 Å². The maximum Gasteiger partial charge on any atom is 0.124 e. The van der Waals surface area contributed by atoms with E-state index in [1.54, 1.807) is 0 Å². The predicted octanol–water partition coefficient (Wildman–Crippen LogP) is 2.12. The van der Waals surface area contributed by atoms with Gasteiger partial charge >= 0.3 is 0 Å². The van der Waals surface area contributed by atoms with Gasteiger partial charge in [-0.3, -0.25) is 0 Å². The maximum atomic E-state index is 8.61. The van der Waals surface area contributed by atoms with Crippen LogP contribution in [0.15, 0.2) is 18.2 Å². The molecule has 0 aliphatic carbocycles. The van der Waals surface area contributed by atoms with Crippen LogP contribution in [0.5, 0.6) is 5.75 Å². The molecule has 1 aromatic rings. The number of rotatable bonds is 6. The second-order valence-corrected chi connectivity index (χ2v) is 3.66. The first-order valence-corrected chi connectivity index (χ1v) is 5.34. The van der Waals surface area contributed by atoms with Crippen LogP contribution in [0.25, 0.3) is 0 Å². The molecule has 0 aliphatic rings. The average Bonchev–Trinajstić information content (AvgIpc) is 2.23. The van der Waals surface area contributed by atoms with Crippen molar-refractivity contribution in [1.29, 1.82) is 0 Å². The fraction of sp³-hybridized carbons (Fsp3) is 0.500. The van der Waals surface area contributed by atoms with Crippen molar-refractivity contribution in [1.82, 2.24) is 0 Å². The van der Waals surface area contributed by atoms with E-state index in [0.29, 0.717) is 6.61 Å². The Morgan fingerprint density at radius 2 is 2.07 bits per heavy atom. The molecular formula is C12H19NO2. The Balaban J connectivity index is 2.33. The number of hydrogen-bond acceptors (Lipinski definition) is 3. The van der Waals surface area contributed by atoms with Gasteiger partial charge in [-0.25, -0.2) is 0 Å². The first-order valence-electron chi connectivity index (χ1n) is 5.34. The second-order valence-electron chi connectivity index (χ2n) is 3.66. The van der Waals surface area contributed by atoms with Crippen LogP contribution in [0, 0.1) is 6.92 Å². The highest BCUT2D eigenvalue weighted by Crippen LogP contribution is 2.20. The minimum Gasteiger partial charge on any atom is -0.493 e. The molecule has 0 saturated carbocycles. The van der Waals surface area contributed by atoms with Crippen molar-refractivity contribution in [2.45, 2.75) is 26.2 Å². The number of nitrogen functional groups attached to an aromatic ring is 1. The van der Waals surface area contributed by atoms with Gasteiger partial charge in [0.2, 0.25) is 0 Å². The zero-order valence-electron chi connectivity index (χ0n) is 9.20. The SMILES string of the molecule is Cc1ccc(N)cc1OCCCCCO. The molecule has 84 valence electrons. The van der Waals surface area contributed by atoms with Crippen LogP contribution in [0.1, 0.15) is 24.8 Å². The van der Waals surface area contributed by atoms with E-state index >= 15 is 0 Å². The van der Waals surface area contributed by atoms with Gasteiger partial charge in [0.15, 0.2) is 0 Å². The molecule has 3 N–H and O–H groups in total. The van der Waals surface area contributed by atoms with Gasteiger partial charge in [-0.05, 0) is 37.8 Å². The Morgan fingerprint density at radius 1 is 1.27 bits per heavy atom. The fourth-order valence-corrected chi connectivity index (χ4v) is 1.34. The lowest BCUT2D eigenvalue weighted by Gasteiger charge is -2.09. The van der Waals surface area contributed by atoms with Crippen LogP contribution in [-0.2, 0) is 0 Å². The summed E-state index contributed by atoms with van der Waals surface area (Å²) in [5, 5.41) is 8.61. The molecule has 0 heterocycles. The summed E-state index contributed by atoms with van der Waals surface area (Å²) in [4.78, 5) is 0. The van der Waals surface area contributed by atoms with Crippen LogP contribution in [0.2, 0.25) is 0 Å². The Morgan fingerprint density at radius 3 is 2.80 bits per heavy atom. The third-order valence-corrected chi connectivity index (χ3v) is 2.27. The van der Waals surface area contributed by atoms with E-state index < -0.39 is 0 Å². The highest BCUT2D eigenvalue weighted by molar-refractivity contribution is 5.47. The topological polar surface area (TPSA) is 55.5 Å². The number of anilines is 1. The number of aliphatic hydroxyl groups is 1. The number of ether oxygens (including phenoxy) is 1. The summed E-state index contributed by atoms with van der Waals surface area (Å²) in [5.74, 6) is 0.860. The van der Waals surface area contributed by atoms with Gasteiger partial charge in [0.25, 0.3) is 0 Å². The molecule has 0 aliphatic heterocycles. The number of aryl methyl sites for hydroxylation is 1. The third kappa shape index (κ3) is 4.21. The van der Waals surface area contributed by atoms with Crippen molar-refractivity contribution in [3.63, 3.8) is 0 Å². The summed E-state index contributed by atoms with van der Waals surface area (Å²) in [6.45, 7) is 2.95. The zero-order chi connectivity index (χ0) is 11.1. The summed E-state index contributed by atoms with van der Waals surface area (Å²) in [6, 6.07) is 5.67. The summed E-state index contributed by atoms with van der Waals surface area (Å²) in [7, 11) is 0. The van der Waals surface area contributed by atoms with Crippen molar-refractivity contribution in [2.75, 3.05) is 18.9 Å². The lowest BCUT2D eigenvalue weighted by molar-refractivity contribution is 0.265. The first kappa shape index (κ1) is 11.9. The number of benzene rings is 1. The van der Waals surface area contributed by atoms with Crippen molar-refractivity contribution >= 4 is 5.69 Å². The zero-order valence-corrected chi connectivity index (χ0v) is 9.20. The van der Waals surface area contributed by atoms with Crippen molar-refractivity contribution < 1.29 is 9.84 Å². The third-order valence-electron chi connectivity index (χ3n) is 2.27. The highest BCUT2D eigenvalue weighted by Gasteiger charge is 1.99. The van der Waals surface area contributed by atoms with Crippen molar-refractivity contribution in [2.24, 2.45) is 0 Å². The van der Waals surface area contributed by atoms with E-state index in [9.17, 15) is 0 Å². The van der Waals surface area contributed by atoms with E-state index in [1.807, 2.05) is 25.1 Å². The van der Waals surface area contributed by atoms with E-state index in [-0.39, 0.29) is 6.61 Å². The van der Waals surface area contributed by atoms with Crippen LogP contribution in [0.3, 0.4) is 0 Å². The van der Waals surface area contributed by atoms with Crippen molar-refractivity contribution in [3.8, 4) is 5.75 Å². The van der Waals surface area contributed by atoms with Gasteiger partial charge in [0.05, 0.1) is 6.61 Å². The second kappa shape index (κ2) is 6.30. The molecule has 0 spiro atoms. The Kier molecular flexibility index (Phi) is 4.98. The van der Waals surface area contributed by atoms with Gasteiger partial charge in [0, 0.05) is 18.4 Å². The standard InChI is InChI=1S/C12H19NO2/c1-10-5-6-11(13)9-12(10)15-8-4-2-3-7-14/h5-6,9,14H,2-4,7-8,13H2,1H3. The molecule has 0 atom stereocenters. The molecule has 1 aromatic carbocycles. The summed E-state index contributed by atoms with van der Waals surface area (Å²) in [6.07, 6.45) is 2.81. The van der Waals surface area contributed by atoms with Crippen LogP contribution < -0.4 is 10.5 Å². The number of unbranched alkanes of at least 4 members (excludes halogenated alkanes) is 2. The Bertz CT molecular complexity index is 300. The maximum absolute atomic E-state index is 8.61. The molecule has 3 nitrogen and oxygen atoms in total. The monoisotopic (exact) mass is 209 g/mol. The van der Waals surface area contributed by atoms with E-state index in [1.165, 1.54) is 0 Å². The minimum atomic E-state index is 0.261. The quantitative estimate of drug-likeness (QED) is 0.557. The molecule has 0 radical (unpaired) electrons. The molecule has 0 saturated heterocycles. The van der Waals surface area contributed by atoms with Crippen LogP contribution >= 0.6 is 0 Å². The molecule has 0 bridgehead atoms. The number of aliphatic hydroxyl groups excluding tert-OH is 1. The predicted molar refractivity (Wildman–Crippen MR) is 62.0 cm³/mol. The summed E-state index contributed by atoms with van der Waals surface area (Å²) in [5.41, 5.74) is 7.50. The van der Waals surface area contributed by atoms with Crippen LogP contribution in [0.4, 0.5) is 5.69 Å². The highest BCUT2D eigenvalue weighted by atomic mass is 16.5. The van der Waals surface area contributed by atoms with E-state index in [2.05, 4.69) is 0 Å². The number of hydrogen-bond donors (Lipinski definition) is 2. The largest absolute Gasteiger partial charge is 0.493 e. The fourth-order valence-electron chi connectivity index (χ4n) is 1.34. The summed E-state index contributed by atoms with van der Waals surface area (Å²) < 4.78 is 5.60. The van der Waals surface area contributed by atoms with Gasteiger partial charge in [0.1, 0.15) is 5.75 Å². The van der Waals surface area contributed by atoms with E-state index in [4.69, 9.17) is 15.6 Å².